The van der Waals surface area contributed by atoms with Crippen LogP contribution in [0.1, 0.15) is 56.1 Å². The van der Waals surface area contributed by atoms with Crippen LogP contribution in [-0.2, 0) is 19.6 Å². The average molecular weight is 359 g/mol. The number of ether oxygens (including phenoxy) is 1. The van der Waals surface area contributed by atoms with Crippen molar-refractivity contribution in [1.82, 2.24) is 20.0 Å². The Hall–Kier alpha value is -1.85. The number of rotatable bonds is 10. The van der Waals surface area contributed by atoms with Crippen LogP contribution in [0.5, 0.6) is 5.75 Å². The summed E-state index contributed by atoms with van der Waals surface area (Å²) < 4.78 is 7.56. The van der Waals surface area contributed by atoms with E-state index in [1.807, 2.05) is 4.68 Å². The summed E-state index contributed by atoms with van der Waals surface area (Å²) in [5, 5.41) is 8.18. The van der Waals surface area contributed by atoms with Crippen LogP contribution >= 0.6 is 0 Å². The smallest absolute Gasteiger partial charge is 0.123 e. The first-order chi connectivity index (χ1) is 12.5. The van der Waals surface area contributed by atoms with E-state index >= 15 is 0 Å². The molecular weight excluding hydrogens is 324 g/mol. The van der Waals surface area contributed by atoms with Gasteiger partial charge in [0, 0.05) is 43.0 Å². The lowest BCUT2D eigenvalue weighted by Gasteiger charge is -2.20. The maximum absolute atomic E-state index is 5.56. The van der Waals surface area contributed by atoms with Gasteiger partial charge in [0.25, 0.3) is 0 Å². The second-order valence-electron chi connectivity index (χ2n) is 6.74. The molecule has 26 heavy (non-hydrogen) atoms. The first-order valence-electron chi connectivity index (χ1n) is 9.67. The van der Waals surface area contributed by atoms with E-state index in [1.54, 1.807) is 7.11 Å². The molecule has 1 atom stereocenters. The standard InChI is InChI=1S/C21H34N4O/c1-7-24(8-2)14-19-12-18(10-11-21(19)26-6)13-22-16(4)20-15-25(9-3)23-17(20)5/h10-12,15-16,22H,7-9,13-14H2,1-6H3. The van der Waals surface area contributed by atoms with Gasteiger partial charge in [-0.3, -0.25) is 9.58 Å². The van der Waals surface area contributed by atoms with Crippen molar-refractivity contribution >= 4 is 0 Å². The van der Waals surface area contributed by atoms with Crippen LogP contribution in [0.3, 0.4) is 0 Å². The van der Waals surface area contributed by atoms with E-state index in [4.69, 9.17) is 4.74 Å². The fraction of sp³-hybridized carbons (Fsp3) is 0.571. The van der Waals surface area contributed by atoms with Crippen molar-refractivity contribution in [2.24, 2.45) is 0 Å². The molecule has 0 aliphatic carbocycles. The Kier molecular flexibility index (Phi) is 7.66. The lowest BCUT2D eigenvalue weighted by molar-refractivity contribution is 0.289. The van der Waals surface area contributed by atoms with E-state index in [-0.39, 0.29) is 6.04 Å². The normalized spacial score (nSPS) is 12.6. The van der Waals surface area contributed by atoms with Gasteiger partial charge >= 0.3 is 0 Å². The van der Waals surface area contributed by atoms with Gasteiger partial charge in [-0.15, -0.1) is 0 Å². The molecule has 1 unspecified atom stereocenters. The summed E-state index contributed by atoms with van der Waals surface area (Å²) in [6, 6.07) is 6.76. The third kappa shape index (κ3) is 5.08. The first kappa shape index (κ1) is 20.5. The molecule has 5 heteroatoms. The van der Waals surface area contributed by atoms with Crippen LogP contribution in [0.4, 0.5) is 0 Å². The number of nitrogens with one attached hydrogen (secondary N) is 1. The molecule has 1 aromatic carbocycles. The molecule has 2 rings (SSSR count). The maximum Gasteiger partial charge on any atom is 0.123 e. The van der Waals surface area contributed by atoms with Crippen LogP contribution in [0.15, 0.2) is 24.4 Å². The number of methoxy groups -OCH3 is 1. The number of hydrogen-bond donors (Lipinski definition) is 1. The summed E-state index contributed by atoms with van der Waals surface area (Å²) in [7, 11) is 1.75. The van der Waals surface area contributed by atoms with Crippen LogP contribution < -0.4 is 10.1 Å². The number of benzene rings is 1. The quantitative estimate of drug-likeness (QED) is 0.699. The predicted octanol–water partition coefficient (Wildman–Crippen LogP) is 3.91. The van der Waals surface area contributed by atoms with Gasteiger partial charge in [-0.05, 0) is 51.6 Å². The molecule has 2 aromatic rings. The number of hydrogen-bond acceptors (Lipinski definition) is 4. The minimum atomic E-state index is 0.267. The minimum absolute atomic E-state index is 0.267. The number of aryl methyl sites for hydroxylation is 2. The second kappa shape index (κ2) is 9.74. The van der Waals surface area contributed by atoms with Gasteiger partial charge in [0.15, 0.2) is 0 Å². The molecule has 5 nitrogen and oxygen atoms in total. The van der Waals surface area contributed by atoms with Gasteiger partial charge in [-0.2, -0.15) is 5.10 Å². The van der Waals surface area contributed by atoms with Gasteiger partial charge < -0.3 is 10.1 Å². The Morgan fingerprint density at radius 2 is 1.96 bits per heavy atom. The summed E-state index contributed by atoms with van der Waals surface area (Å²) >= 11 is 0. The fourth-order valence-electron chi connectivity index (χ4n) is 3.25. The molecule has 1 N–H and O–H groups in total. The molecule has 0 saturated carbocycles. The number of aromatic nitrogens is 2. The molecule has 0 saturated heterocycles. The molecule has 0 aliphatic rings. The third-order valence-corrected chi connectivity index (χ3v) is 5.02. The highest BCUT2D eigenvalue weighted by Crippen LogP contribution is 2.23. The monoisotopic (exact) mass is 358 g/mol. The average Bonchev–Trinajstić information content (AvgIpc) is 3.05. The molecule has 0 fully saturated rings. The Morgan fingerprint density at radius 3 is 2.54 bits per heavy atom. The molecule has 1 heterocycles. The van der Waals surface area contributed by atoms with Crippen molar-refractivity contribution in [3.63, 3.8) is 0 Å². The van der Waals surface area contributed by atoms with E-state index in [0.717, 1.165) is 44.2 Å². The summed E-state index contributed by atoms with van der Waals surface area (Å²) in [6.07, 6.45) is 2.15. The van der Waals surface area contributed by atoms with E-state index in [1.165, 1.54) is 16.7 Å². The largest absolute Gasteiger partial charge is 0.496 e. The molecule has 0 spiro atoms. The van der Waals surface area contributed by atoms with E-state index in [9.17, 15) is 0 Å². The predicted molar refractivity (Wildman–Crippen MR) is 108 cm³/mol. The van der Waals surface area contributed by atoms with Gasteiger partial charge in [0.1, 0.15) is 5.75 Å². The zero-order valence-corrected chi connectivity index (χ0v) is 17.2. The number of nitrogens with zero attached hydrogens (tertiary/aromatic N) is 3. The maximum atomic E-state index is 5.56. The zero-order valence-electron chi connectivity index (χ0n) is 17.2. The molecule has 144 valence electrons. The highest BCUT2D eigenvalue weighted by molar-refractivity contribution is 5.37. The summed E-state index contributed by atoms with van der Waals surface area (Å²) in [4.78, 5) is 2.40. The molecule has 0 amide bonds. The second-order valence-corrected chi connectivity index (χ2v) is 6.74. The fourth-order valence-corrected chi connectivity index (χ4v) is 3.25. The van der Waals surface area contributed by atoms with Crippen molar-refractivity contribution in [1.29, 1.82) is 0 Å². The molecule has 1 aromatic heterocycles. The Balaban J connectivity index is 2.07. The SMILES string of the molecule is CCN(CC)Cc1cc(CNC(C)c2cn(CC)nc2C)ccc1OC. The Bertz CT molecular complexity index is 691. The zero-order chi connectivity index (χ0) is 19.1. The lowest BCUT2D eigenvalue weighted by Crippen LogP contribution is -2.23. The van der Waals surface area contributed by atoms with Gasteiger partial charge in [-0.1, -0.05) is 19.9 Å². The van der Waals surface area contributed by atoms with Gasteiger partial charge in [-0.25, -0.2) is 0 Å². The summed E-state index contributed by atoms with van der Waals surface area (Å²) in [5.74, 6) is 0.966. The van der Waals surface area contributed by atoms with E-state index in [2.05, 4.69) is 74.3 Å². The van der Waals surface area contributed by atoms with Crippen molar-refractivity contribution in [3.8, 4) is 5.75 Å². The molecule has 0 aliphatic heterocycles. The summed E-state index contributed by atoms with van der Waals surface area (Å²) in [6.45, 7) is 15.5. The molecule has 0 radical (unpaired) electrons. The van der Waals surface area contributed by atoms with Crippen LogP contribution in [0.2, 0.25) is 0 Å². The Morgan fingerprint density at radius 1 is 1.23 bits per heavy atom. The molecular formula is C21H34N4O. The van der Waals surface area contributed by atoms with Crippen molar-refractivity contribution in [2.45, 2.75) is 60.3 Å². The van der Waals surface area contributed by atoms with Crippen LogP contribution in [0.25, 0.3) is 0 Å². The van der Waals surface area contributed by atoms with Crippen molar-refractivity contribution in [3.05, 3.63) is 46.8 Å². The topological polar surface area (TPSA) is 42.3 Å². The van der Waals surface area contributed by atoms with Crippen LogP contribution in [0, 0.1) is 6.92 Å². The summed E-state index contributed by atoms with van der Waals surface area (Å²) in [5.41, 5.74) is 4.89. The van der Waals surface area contributed by atoms with Gasteiger partial charge in [0.05, 0.1) is 12.8 Å². The van der Waals surface area contributed by atoms with Gasteiger partial charge in [0.2, 0.25) is 0 Å². The first-order valence-corrected chi connectivity index (χ1v) is 9.67. The van der Waals surface area contributed by atoms with E-state index < -0.39 is 0 Å². The minimum Gasteiger partial charge on any atom is -0.496 e. The highest BCUT2D eigenvalue weighted by Gasteiger charge is 2.13. The highest BCUT2D eigenvalue weighted by atomic mass is 16.5. The Labute approximate surface area is 158 Å². The van der Waals surface area contributed by atoms with Crippen molar-refractivity contribution in [2.75, 3.05) is 20.2 Å². The van der Waals surface area contributed by atoms with Crippen LogP contribution in [-0.4, -0.2) is 34.9 Å². The van der Waals surface area contributed by atoms with E-state index in [0.29, 0.717) is 0 Å². The lowest BCUT2D eigenvalue weighted by atomic mass is 10.1. The molecule has 0 bridgehead atoms. The van der Waals surface area contributed by atoms with Crippen molar-refractivity contribution < 1.29 is 4.74 Å². The third-order valence-electron chi connectivity index (χ3n) is 5.02.